The van der Waals surface area contributed by atoms with Gasteiger partial charge in [-0.05, 0) is 61.3 Å². The third-order valence-corrected chi connectivity index (χ3v) is 8.27. The lowest BCUT2D eigenvalue weighted by Crippen LogP contribution is -2.49. The van der Waals surface area contributed by atoms with Gasteiger partial charge in [-0.3, -0.25) is 9.69 Å². The first-order chi connectivity index (χ1) is 17.6. The minimum absolute atomic E-state index is 0.0693. The maximum Gasteiger partial charge on any atom is 0.412 e. The smallest absolute Gasteiger partial charge is 0.412 e. The summed E-state index contributed by atoms with van der Waals surface area (Å²) in [7, 11) is 0. The van der Waals surface area contributed by atoms with Crippen LogP contribution in [-0.4, -0.2) is 47.6 Å². The van der Waals surface area contributed by atoms with E-state index in [-0.39, 0.29) is 24.9 Å². The molecule has 5 nitrogen and oxygen atoms in total. The molecule has 1 saturated heterocycles. The molecule has 1 saturated carbocycles. The standard InChI is InChI=1S/C29H37F3N2O3/c1-3-21-14-22(11-12-23(21)16-34-17-24(18-34)27(35)36)20(2)33-37-19-28(25-8-5-4-6-9-25)13-7-10-26(15-28)29(30,31)32/h7,10-14,24-25H,3-6,8-9,15-19H2,1-2H3,(H,35,36)/b33-20+. The lowest BCUT2D eigenvalue weighted by Gasteiger charge is -2.41. The molecule has 0 spiro atoms. The Balaban J connectivity index is 1.44. The van der Waals surface area contributed by atoms with Crippen LogP contribution in [0, 0.1) is 17.3 Å². The van der Waals surface area contributed by atoms with Crippen LogP contribution in [-0.2, 0) is 22.6 Å². The number of oxime groups is 1. The van der Waals surface area contributed by atoms with Crippen molar-refractivity contribution in [2.75, 3.05) is 19.7 Å². The molecule has 0 bridgehead atoms. The lowest BCUT2D eigenvalue weighted by molar-refractivity contribution is -0.147. The number of alkyl halides is 3. The van der Waals surface area contributed by atoms with Gasteiger partial charge in [0, 0.05) is 30.6 Å². The third kappa shape index (κ3) is 6.46. The summed E-state index contributed by atoms with van der Waals surface area (Å²) < 4.78 is 40.8. The summed E-state index contributed by atoms with van der Waals surface area (Å²) in [6.45, 7) is 5.90. The zero-order valence-corrected chi connectivity index (χ0v) is 21.7. The second-order valence-corrected chi connectivity index (χ2v) is 10.8. The fraction of sp³-hybridized carbons (Fsp3) is 0.586. The number of benzene rings is 1. The minimum Gasteiger partial charge on any atom is -0.481 e. The van der Waals surface area contributed by atoms with Gasteiger partial charge in [0.1, 0.15) is 6.61 Å². The molecule has 0 amide bonds. The van der Waals surface area contributed by atoms with Crippen LogP contribution >= 0.6 is 0 Å². The van der Waals surface area contributed by atoms with Crippen molar-refractivity contribution in [2.24, 2.45) is 22.4 Å². The van der Waals surface area contributed by atoms with E-state index in [0.717, 1.165) is 44.1 Å². The van der Waals surface area contributed by atoms with Crippen molar-refractivity contribution in [1.82, 2.24) is 4.90 Å². The van der Waals surface area contributed by atoms with Gasteiger partial charge in [0.05, 0.1) is 11.6 Å². The Morgan fingerprint density at radius 1 is 1.19 bits per heavy atom. The van der Waals surface area contributed by atoms with Crippen molar-refractivity contribution < 1.29 is 27.9 Å². The number of hydrogen-bond donors (Lipinski definition) is 1. The van der Waals surface area contributed by atoms with Gasteiger partial charge in [0.25, 0.3) is 0 Å². The van der Waals surface area contributed by atoms with Gasteiger partial charge >= 0.3 is 12.1 Å². The van der Waals surface area contributed by atoms with Crippen molar-refractivity contribution in [3.63, 3.8) is 0 Å². The molecule has 1 atom stereocenters. The van der Waals surface area contributed by atoms with Crippen LogP contribution in [0.25, 0.3) is 0 Å². The van der Waals surface area contributed by atoms with Gasteiger partial charge in [0.2, 0.25) is 0 Å². The molecule has 0 aromatic heterocycles. The maximum absolute atomic E-state index is 13.6. The van der Waals surface area contributed by atoms with E-state index >= 15 is 0 Å². The molecule has 1 N–H and O–H groups in total. The molecule has 4 rings (SSSR count). The van der Waals surface area contributed by atoms with Crippen LogP contribution in [0.1, 0.15) is 69.1 Å². The van der Waals surface area contributed by atoms with Gasteiger partial charge in [-0.15, -0.1) is 0 Å². The zero-order chi connectivity index (χ0) is 26.6. The van der Waals surface area contributed by atoms with E-state index in [1.54, 1.807) is 6.08 Å². The highest BCUT2D eigenvalue weighted by Crippen LogP contribution is 2.48. The van der Waals surface area contributed by atoms with Crippen LogP contribution in [0.2, 0.25) is 0 Å². The summed E-state index contributed by atoms with van der Waals surface area (Å²) in [5.41, 5.74) is 2.73. The molecular formula is C29H37F3N2O3. The van der Waals surface area contributed by atoms with Gasteiger partial charge < -0.3 is 9.94 Å². The van der Waals surface area contributed by atoms with Crippen LogP contribution in [0.4, 0.5) is 13.2 Å². The molecule has 1 aromatic rings. The molecule has 202 valence electrons. The zero-order valence-electron chi connectivity index (χ0n) is 21.7. The largest absolute Gasteiger partial charge is 0.481 e. The van der Waals surface area contributed by atoms with E-state index in [4.69, 9.17) is 9.94 Å². The summed E-state index contributed by atoms with van der Waals surface area (Å²) in [5, 5.41) is 13.4. The fourth-order valence-corrected chi connectivity index (χ4v) is 5.93. The van der Waals surface area contributed by atoms with Gasteiger partial charge in [0.15, 0.2) is 0 Å². The number of allylic oxidation sites excluding steroid dienone is 3. The Hall–Kier alpha value is -2.61. The second-order valence-electron chi connectivity index (χ2n) is 10.8. The Morgan fingerprint density at radius 3 is 2.57 bits per heavy atom. The number of nitrogens with zero attached hydrogens (tertiary/aromatic N) is 2. The first kappa shape index (κ1) is 27.4. The van der Waals surface area contributed by atoms with Crippen molar-refractivity contribution in [3.8, 4) is 0 Å². The van der Waals surface area contributed by atoms with Crippen molar-refractivity contribution in [2.45, 2.75) is 71.5 Å². The highest BCUT2D eigenvalue weighted by molar-refractivity contribution is 5.98. The Morgan fingerprint density at radius 2 is 1.92 bits per heavy atom. The molecule has 8 heteroatoms. The average Bonchev–Trinajstić information content (AvgIpc) is 2.85. The Labute approximate surface area is 217 Å². The number of carboxylic acids is 1. The summed E-state index contributed by atoms with van der Waals surface area (Å²) >= 11 is 0. The van der Waals surface area contributed by atoms with Gasteiger partial charge in [-0.1, -0.05) is 61.7 Å². The number of rotatable bonds is 9. The first-order valence-electron chi connectivity index (χ1n) is 13.3. The number of aryl methyl sites for hydroxylation is 1. The molecule has 1 unspecified atom stereocenters. The number of hydrogen-bond acceptors (Lipinski definition) is 4. The number of carbonyl (C=O) groups is 1. The highest BCUT2D eigenvalue weighted by atomic mass is 19.4. The number of aliphatic carboxylic acids is 1. The normalized spacial score (nSPS) is 24.0. The number of likely N-dealkylation sites (tertiary alicyclic amines) is 1. The molecule has 1 aliphatic heterocycles. The van der Waals surface area contributed by atoms with E-state index in [9.17, 15) is 18.0 Å². The summed E-state index contributed by atoms with van der Waals surface area (Å²) in [4.78, 5) is 19.0. The molecular weight excluding hydrogens is 481 g/mol. The molecule has 2 aliphatic carbocycles. The van der Waals surface area contributed by atoms with Gasteiger partial charge in [-0.2, -0.15) is 13.2 Å². The van der Waals surface area contributed by atoms with Crippen molar-refractivity contribution in [1.29, 1.82) is 0 Å². The van der Waals surface area contributed by atoms with E-state index in [2.05, 4.69) is 29.1 Å². The quantitative estimate of drug-likeness (QED) is 0.299. The van der Waals surface area contributed by atoms with E-state index < -0.39 is 23.1 Å². The topological polar surface area (TPSA) is 62.1 Å². The maximum atomic E-state index is 13.6. The van der Waals surface area contributed by atoms with Crippen LogP contribution in [0.15, 0.2) is 47.2 Å². The minimum atomic E-state index is -4.34. The number of carboxylic acid groups (broad SMARTS) is 1. The Bertz CT molecular complexity index is 1070. The summed E-state index contributed by atoms with van der Waals surface area (Å²) in [6.07, 6.45) is 6.09. The van der Waals surface area contributed by atoms with Crippen LogP contribution in [0.5, 0.6) is 0 Å². The van der Waals surface area contributed by atoms with Crippen molar-refractivity contribution >= 4 is 11.7 Å². The predicted molar refractivity (Wildman–Crippen MR) is 137 cm³/mol. The average molecular weight is 519 g/mol. The Kier molecular flexibility index (Phi) is 8.46. The molecule has 37 heavy (non-hydrogen) atoms. The van der Waals surface area contributed by atoms with Crippen LogP contribution in [0.3, 0.4) is 0 Å². The molecule has 0 radical (unpaired) electrons. The van der Waals surface area contributed by atoms with Crippen LogP contribution < -0.4 is 0 Å². The van der Waals surface area contributed by atoms with Gasteiger partial charge in [-0.25, -0.2) is 0 Å². The van der Waals surface area contributed by atoms with E-state index in [1.807, 2.05) is 19.1 Å². The van der Waals surface area contributed by atoms with Crippen molar-refractivity contribution in [3.05, 3.63) is 58.7 Å². The number of halogens is 3. The molecule has 1 heterocycles. The SMILES string of the molecule is CCc1cc(/C(C)=N/OCC2(C3CCCCC3)C=CC=C(C(F)(F)F)C2)ccc1CN1CC(C(=O)O)C1. The second kappa shape index (κ2) is 11.4. The monoisotopic (exact) mass is 518 g/mol. The van der Waals surface area contributed by atoms with E-state index in [0.29, 0.717) is 25.3 Å². The molecule has 3 aliphatic rings. The third-order valence-electron chi connectivity index (χ3n) is 8.27. The summed E-state index contributed by atoms with van der Waals surface area (Å²) in [6, 6.07) is 6.11. The summed E-state index contributed by atoms with van der Waals surface area (Å²) in [5.74, 6) is -0.879. The lowest BCUT2D eigenvalue weighted by atomic mass is 9.64. The predicted octanol–water partition coefficient (Wildman–Crippen LogP) is 6.52. The molecule has 2 fully saturated rings. The fourth-order valence-electron chi connectivity index (χ4n) is 5.93. The highest BCUT2D eigenvalue weighted by Gasteiger charge is 2.45. The molecule has 1 aromatic carbocycles. The first-order valence-corrected chi connectivity index (χ1v) is 13.3. The van der Waals surface area contributed by atoms with E-state index in [1.165, 1.54) is 17.2 Å².